The Morgan fingerprint density at radius 3 is 2.21 bits per heavy atom. The number of β-lactam (4-membered cyclic amide) rings is 1. The highest BCUT2D eigenvalue weighted by atomic mass is 35.5. The molecule has 1 amide bonds. The van der Waals surface area contributed by atoms with E-state index in [1.807, 2.05) is 90.0 Å². The molecule has 0 aromatic heterocycles. The van der Waals surface area contributed by atoms with Gasteiger partial charge in [0, 0.05) is 10.7 Å². The van der Waals surface area contributed by atoms with Crippen LogP contribution in [0.5, 0.6) is 5.75 Å². The summed E-state index contributed by atoms with van der Waals surface area (Å²) >= 11 is 8.14. The van der Waals surface area contributed by atoms with E-state index in [0.29, 0.717) is 5.02 Å². The molecule has 1 saturated heterocycles. The molecule has 3 nitrogen and oxygen atoms in total. The SMILES string of the molecule is COc1ccc([C@]2(SC)C(=O)N(c3ccccc3)[C@@H]2c2ccccc2Cl)cc1. The maximum absolute atomic E-state index is 13.6. The van der Waals surface area contributed by atoms with Gasteiger partial charge in [-0.25, -0.2) is 0 Å². The number of hydrogen-bond donors (Lipinski definition) is 0. The van der Waals surface area contributed by atoms with E-state index in [0.717, 1.165) is 22.6 Å². The van der Waals surface area contributed by atoms with Crippen molar-refractivity contribution in [3.05, 3.63) is 95.0 Å². The minimum atomic E-state index is -0.743. The Bertz CT molecular complexity index is 993. The summed E-state index contributed by atoms with van der Waals surface area (Å²) in [7, 11) is 1.64. The predicted octanol–water partition coefficient (Wildman–Crippen LogP) is 5.70. The normalized spacial score (nSPS) is 21.3. The molecule has 1 fully saturated rings. The van der Waals surface area contributed by atoms with Crippen molar-refractivity contribution in [1.82, 2.24) is 0 Å². The van der Waals surface area contributed by atoms with Crippen LogP contribution in [0.4, 0.5) is 5.69 Å². The number of methoxy groups -OCH3 is 1. The first kappa shape index (κ1) is 18.9. The minimum Gasteiger partial charge on any atom is -0.497 e. The van der Waals surface area contributed by atoms with Crippen LogP contribution in [0.3, 0.4) is 0 Å². The van der Waals surface area contributed by atoms with Gasteiger partial charge < -0.3 is 9.64 Å². The van der Waals surface area contributed by atoms with Gasteiger partial charge in [0.1, 0.15) is 10.5 Å². The van der Waals surface area contributed by atoms with Crippen molar-refractivity contribution in [2.24, 2.45) is 0 Å². The van der Waals surface area contributed by atoms with E-state index in [2.05, 4.69) is 0 Å². The van der Waals surface area contributed by atoms with Gasteiger partial charge in [-0.2, -0.15) is 0 Å². The van der Waals surface area contributed by atoms with E-state index in [-0.39, 0.29) is 11.9 Å². The van der Waals surface area contributed by atoms with E-state index in [1.165, 1.54) is 0 Å². The third-order valence-electron chi connectivity index (χ3n) is 5.25. The van der Waals surface area contributed by atoms with Gasteiger partial charge in [0.2, 0.25) is 0 Å². The third kappa shape index (κ3) is 2.79. The summed E-state index contributed by atoms with van der Waals surface area (Å²) in [5.41, 5.74) is 2.76. The van der Waals surface area contributed by atoms with E-state index in [9.17, 15) is 4.79 Å². The van der Waals surface area contributed by atoms with Crippen LogP contribution in [0.2, 0.25) is 5.02 Å². The molecule has 4 rings (SSSR count). The molecule has 1 heterocycles. The molecule has 3 aromatic carbocycles. The van der Waals surface area contributed by atoms with Gasteiger partial charge in [-0.1, -0.05) is 60.1 Å². The van der Waals surface area contributed by atoms with Gasteiger partial charge in [0.05, 0.1) is 13.2 Å². The summed E-state index contributed by atoms with van der Waals surface area (Å²) in [6.45, 7) is 0. The highest BCUT2D eigenvalue weighted by Crippen LogP contribution is 2.59. The van der Waals surface area contributed by atoms with E-state index in [1.54, 1.807) is 18.9 Å². The zero-order valence-electron chi connectivity index (χ0n) is 15.6. The molecule has 0 bridgehead atoms. The Morgan fingerprint density at radius 1 is 0.964 bits per heavy atom. The van der Waals surface area contributed by atoms with E-state index in [4.69, 9.17) is 16.3 Å². The Labute approximate surface area is 174 Å². The van der Waals surface area contributed by atoms with Crippen LogP contribution in [0.1, 0.15) is 17.2 Å². The molecule has 1 aliphatic heterocycles. The lowest BCUT2D eigenvalue weighted by molar-refractivity contribution is -0.128. The zero-order valence-corrected chi connectivity index (χ0v) is 17.2. The molecule has 0 N–H and O–H groups in total. The molecule has 0 spiro atoms. The van der Waals surface area contributed by atoms with Crippen LogP contribution in [0.25, 0.3) is 0 Å². The van der Waals surface area contributed by atoms with Gasteiger partial charge >= 0.3 is 0 Å². The fraction of sp³-hybridized carbons (Fsp3) is 0.174. The summed E-state index contributed by atoms with van der Waals surface area (Å²) in [6, 6.07) is 25.0. The second-order valence-electron chi connectivity index (χ2n) is 6.60. The van der Waals surface area contributed by atoms with Crippen LogP contribution in [-0.4, -0.2) is 19.3 Å². The van der Waals surface area contributed by atoms with Crippen molar-refractivity contribution >= 4 is 35.0 Å². The van der Waals surface area contributed by atoms with Gasteiger partial charge in [-0.05, 0) is 47.7 Å². The molecule has 0 unspecified atom stereocenters. The molecule has 3 aromatic rings. The monoisotopic (exact) mass is 409 g/mol. The number of para-hydroxylation sites is 1. The number of benzene rings is 3. The zero-order chi connectivity index (χ0) is 19.7. The fourth-order valence-electron chi connectivity index (χ4n) is 3.88. The number of hydrogen-bond acceptors (Lipinski definition) is 3. The Hall–Kier alpha value is -2.43. The summed E-state index contributed by atoms with van der Waals surface area (Å²) < 4.78 is 4.55. The van der Waals surface area contributed by atoms with Crippen molar-refractivity contribution in [1.29, 1.82) is 0 Å². The number of anilines is 1. The molecule has 5 heteroatoms. The number of carbonyl (C=O) groups is 1. The molecule has 1 aliphatic rings. The molecule has 0 saturated carbocycles. The standard InChI is InChI=1S/C23H20ClNO2S/c1-27-18-14-12-16(13-15-18)23(28-2)21(19-10-6-7-11-20(19)24)25(22(23)26)17-8-4-3-5-9-17/h3-15,21H,1-2H3/t21-,23-/m1/s1. The van der Waals surface area contributed by atoms with E-state index < -0.39 is 4.75 Å². The Morgan fingerprint density at radius 2 is 1.61 bits per heavy atom. The largest absolute Gasteiger partial charge is 0.497 e. The number of nitrogens with zero attached hydrogens (tertiary/aromatic N) is 1. The highest BCUT2D eigenvalue weighted by Gasteiger charge is 2.63. The number of thioether (sulfide) groups is 1. The molecule has 28 heavy (non-hydrogen) atoms. The van der Waals surface area contributed by atoms with Crippen molar-refractivity contribution in [3.8, 4) is 5.75 Å². The maximum atomic E-state index is 13.6. The summed E-state index contributed by atoms with van der Waals surface area (Å²) in [4.78, 5) is 15.4. The van der Waals surface area contributed by atoms with Crippen LogP contribution in [0.15, 0.2) is 78.9 Å². The molecule has 2 atom stereocenters. The first-order chi connectivity index (χ1) is 13.6. The smallest absolute Gasteiger partial charge is 0.250 e. The number of ether oxygens (including phenoxy) is 1. The van der Waals surface area contributed by atoms with Crippen molar-refractivity contribution < 1.29 is 9.53 Å². The lowest BCUT2D eigenvalue weighted by atomic mass is 9.76. The summed E-state index contributed by atoms with van der Waals surface area (Å²) in [6.07, 6.45) is 1.98. The van der Waals surface area contributed by atoms with Gasteiger partial charge in [-0.3, -0.25) is 4.79 Å². The second kappa shape index (κ2) is 7.53. The molecule has 142 valence electrons. The van der Waals surface area contributed by atoms with Gasteiger partial charge in [0.25, 0.3) is 5.91 Å². The Kier molecular flexibility index (Phi) is 5.09. The van der Waals surface area contributed by atoms with Crippen LogP contribution < -0.4 is 9.64 Å². The second-order valence-corrected chi connectivity index (χ2v) is 8.06. The molecule has 0 radical (unpaired) electrons. The van der Waals surface area contributed by atoms with Gasteiger partial charge in [-0.15, -0.1) is 11.8 Å². The quantitative estimate of drug-likeness (QED) is 0.506. The summed E-state index contributed by atoms with van der Waals surface area (Å²) in [5, 5.41) is 0.660. The van der Waals surface area contributed by atoms with Crippen LogP contribution in [-0.2, 0) is 9.54 Å². The first-order valence-electron chi connectivity index (χ1n) is 8.96. The topological polar surface area (TPSA) is 29.5 Å². The number of carbonyl (C=O) groups excluding carboxylic acids is 1. The number of halogens is 1. The lowest BCUT2D eigenvalue weighted by Crippen LogP contribution is -2.64. The number of rotatable bonds is 5. The van der Waals surface area contributed by atoms with Crippen LogP contribution >= 0.6 is 23.4 Å². The highest BCUT2D eigenvalue weighted by molar-refractivity contribution is 8.00. The van der Waals surface area contributed by atoms with Crippen LogP contribution in [0, 0.1) is 0 Å². The molecular weight excluding hydrogens is 390 g/mol. The minimum absolute atomic E-state index is 0.0567. The van der Waals surface area contributed by atoms with Crippen molar-refractivity contribution in [3.63, 3.8) is 0 Å². The predicted molar refractivity (Wildman–Crippen MR) is 116 cm³/mol. The fourth-order valence-corrected chi connectivity index (χ4v) is 5.21. The summed E-state index contributed by atoms with van der Waals surface area (Å²) in [5.74, 6) is 0.822. The first-order valence-corrected chi connectivity index (χ1v) is 10.6. The third-order valence-corrected chi connectivity index (χ3v) is 6.88. The van der Waals surface area contributed by atoms with Crippen molar-refractivity contribution in [2.45, 2.75) is 10.8 Å². The van der Waals surface area contributed by atoms with E-state index >= 15 is 0 Å². The molecular formula is C23H20ClNO2S. The lowest BCUT2D eigenvalue weighted by Gasteiger charge is -2.55. The molecule has 0 aliphatic carbocycles. The Balaban J connectivity index is 1.89. The maximum Gasteiger partial charge on any atom is 0.250 e. The average molecular weight is 410 g/mol. The van der Waals surface area contributed by atoms with Crippen molar-refractivity contribution in [2.75, 3.05) is 18.3 Å². The number of amides is 1. The average Bonchev–Trinajstić information content (AvgIpc) is 2.74. The van der Waals surface area contributed by atoms with Gasteiger partial charge in [0.15, 0.2) is 0 Å².